The van der Waals surface area contributed by atoms with Gasteiger partial charge in [-0.3, -0.25) is 4.79 Å². The minimum atomic E-state index is -3.42. The van der Waals surface area contributed by atoms with Gasteiger partial charge in [0.05, 0.1) is 5.75 Å². The number of amides is 1. The standard InChI is InChI=1S/C20H24N2O4S/c1-16-6-2-5-9-19(16)26-15-20(23)21-11-13-27(24,25)22-12-10-17-7-3-4-8-18(17)14-22/h2-9H,10-15H2,1H3,(H,21,23). The molecule has 1 N–H and O–H groups in total. The molecule has 1 aliphatic rings. The Bertz CT molecular complexity index is 912. The average molecular weight is 388 g/mol. The van der Waals surface area contributed by atoms with E-state index in [1.54, 1.807) is 6.07 Å². The predicted octanol–water partition coefficient (Wildman–Crippen LogP) is 1.88. The zero-order valence-corrected chi connectivity index (χ0v) is 16.2. The van der Waals surface area contributed by atoms with Crippen molar-refractivity contribution >= 4 is 15.9 Å². The van der Waals surface area contributed by atoms with E-state index in [1.165, 1.54) is 9.87 Å². The summed E-state index contributed by atoms with van der Waals surface area (Å²) in [5.74, 6) is 0.190. The van der Waals surface area contributed by atoms with Crippen LogP contribution in [0.1, 0.15) is 16.7 Å². The molecule has 3 rings (SSSR count). The van der Waals surface area contributed by atoms with Crippen molar-refractivity contribution in [3.8, 4) is 5.75 Å². The fourth-order valence-corrected chi connectivity index (χ4v) is 4.39. The van der Waals surface area contributed by atoms with E-state index >= 15 is 0 Å². The third kappa shape index (κ3) is 5.08. The van der Waals surface area contributed by atoms with Gasteiger partial charge in [0, 0.05) is 19.6 Å². The number of fused-ring (bicyclic) bond motifs is 1. The Morgan fingerprint density at radius 2 is 1.81 bits per heavy atom. The van der Waals surface area contributed by atoms with Crippen molar-refractivity contribution in [3.63, 3.8) is 0 Å². The van der Waals surface area contributed by atoms with E-state index in [2.05, 4.69) is 5.32 Å². The lowest BCUT2D eigenvalue weighted by molar-refractivity contribution is -0.122. The zero-order valence-electron chi connectivity index (χ0n) is 15.3. The molecule has 0 bridgehead atoms. The first-order valence-corrected chi connectivity index (χ1v) is 10.6. The van der Waals surface area contributed by atoms with Crippen LogP contribution in [0.2, 0.25) is 0 Å². The molecule has 0 fully saturated rings. The fourth-order valence-electron chi connectivity index (χ4n) is 3.07. The predicted molar refractivity (Wildman–Crippen MR) is 104 cm³/mol. The molecular weight excluding hydrogens is 364 g/mol. The van der Waals surface area contributed by atoms with Crippen molar-refractivity contribution in [2.45, 2.75) is 19.9 Å². The van der Waals surface area contributed by atoms with Crippen molar-refractivity contribution in [3.05, 3.63) is 65.2 Å². The van der Waals surface area contributed by atoms with Gasteiger partial charge in [-0.05, 0) is 36.1 Å². The van der Waals surface area contributed by atoms with Crippen LogP contribution in [0.5, 0.6) is 5.75 Å². The van der Waals surface area contributed by atoms with Crippen molar-refractivity contribution in [1.82, 2.24) is 9.62 Å². The molecule has 2 aromatic rings. The topological polar surface area (TPSA) is 75.7 Å². The molecule has 144 valence electrons. The molecule has 2 aromatic carbocycles. The third-order valence-corrected chi connectivity index (χ3v) is 6.44. The molecule has 27 heavy (non-hydrogen) atoms. The van der Waals surface area contributed by atoms with E-state index in [0.717, 1.165) is 11.1 Å². The number of carbonyl (C=O) groups excluding carboxylic acids is 1. The monoisotopic (exact) mass is 388 g/mol. The highest BCUT2D eigenvalue weighted by atomic mass is 32.2. The maximum Gasteiger partial charge on any atom is 0.257 e. The quantitative estimate of drug-likeness (QED) is 0.786. The van der Waals surface area contributed by atoms with E-state index in [9.17, 15) is 13.2 Å². The number of ether oxygens (including phenoxy) is 1. The second-order valence-corrected chi connectivity index (χ2v) is 8.66. The first-order valence-electron chi connectivity index (χ1n) is 8.95. The van der Waals surface area contributed by atoms with Gasteiger partial charge in [-0.25, -0.2) is 8.42 Å². The van der Waals surface area contributed by atoms with Gasteiger partial charge in [0.25, 0.3) is 5.91 Å². The molecule has 0 unspecified atom stereocenters. The number of nitrogens with one attached hydrogen (secondary N) is 1. The lowest BCUT2D eigenvalue weighted by Gasteiger charge is -2.28. The molecule has 0 atom stereocenters. The summed E-state index contributed by atoms with van der Waals surface area (Å²) in [6.07, 6.45) is 0.714. The maximum atomic E-state index is 12.5. The lowest BCUT2D eigenvalue weighted by Crippen LogP contribution is -2.41. The van der Waals surface area contributed by atoms with E-state index in [-0.39, 0.29) is 24.8 Å². The van der Waals surface area contributed by atoms with Crippen LogP contribution in [0.15, 0.2) is 48.5 Å². The first kappa shape index (κ1) is 19.4. The number of carbonyl (C=O) groups is 1. The number of para-hydroxylation sites is 1. The minimum absolute atomic E-state index is 0.0659. The maximum absolute atomic E-state index is 12.5. The van der Waals surface area contributed by atoms with Gasteiger partial charge in [-0.2, -0.15) is 4.31 Å². The molecule has 1 heterocycles. The Balaban J connectivity index is 1.45. The summed E-state index contributed by atoms with van der Waals surface area (Å²) in [7, 11) is -3.42. The van der Waals surface area contributed by atoms with Crippen molar-refractivity contribution in [2.24, 2.45) is 0 Å². The van der Waals surface area contributed by atoms with Crippen molar-refractivity contribution in [2.75, 3.05) is 25.4 Å². The fraction of sp³-hybridized carbons (Fsp3) is 0.350. The third-order valence-electron chi connectivity index (χ3n) is 4.62. The van der Waals surface area contributed by atoms with Crippen LogP contribution in [0.3, 0.4) is 0 Å². The molecule has 0 aromatic heterocycles. The lowest BCUT2D eigenvalue weighted by atomic mass is 10.0. The molecule has 0 aliphatic carbocycles. The molecule has 0 saturated heterocycles. The summed E-state index contributed by atoms with van der Waals surface area (Å²) in [6, 6.07) is 15.3. The summed E-state index contributed by atoms with van der Waals surface area (Å²) in [4.78, 5) is 11.9. The highest BCUT2D eigenvalue weighted by molar-refractivity contribution is 7.89. The number of rotatable bonds is 7. The second kappa shape index (κ2) is 8.54. The SMILES string of the molecule is Cc1ccccc1OCC(=O)NCCS(=O)(=O)N1CCc2ccccc2C1. The van der Waals surface area contributed by atoms with Gasteiger partial charge in [0.2, 0.25) is 10.0 Å². The number of hydrogen-bond donors (Lipinski definition) is 1. The van der Waals surface area contributed by atoms with Gasteiger partial charge in [0.1, 0.15) is 5.75 Å². The van der Waals surface area contributed by atoms with Crippen LogP contribution in [0.4, 0.5) is 0 Å². The average Bonchev–Trinajstić information content (AvgIpc) is 2.67. The normalized spacial score (nSPS) is 14.4. The number of aryl methyl sites for hydroxylation is 1. The van der Waals surface area contributed by atoms with E-state index in [4.69, 9.17) is 4.74 Å². The molecule has 0 spiro atoms. The highest BCUT2D eigenvalue weighted by Crippen LogP contribution is 2.21. The summed E-state index contributed by atoms with van der Waals surface area (Å²) < 4.78 is 32.0. The summed E-state index contributed by atoms with van der Waals surface area (Å²) in [6.45, 7) is 2.70. The minimum Gasteiger partial charge on any atom is -0.484 e. The highest BCUT2D eigenvalue weighted by Gasteiger charge is 2.26. The molecule has 0 saturated carbocycles. The van der Waals surface area contributed by atoms with Gasteiger partial charge in [0.15, 0.2) is 6.61 Å². The van der Waals surface area contributed by atoms with Crippen LogP contribution >= 0.6 is 0 Å². The van der Waals surface area contributed by atoms with Crippen molar-refractivity contribution < 1.29 is 17.9 Å². The molecule has 1 aliphatic heterocycles. The van der Waals surface area contributed by atoms with Crippen LogP contribution in [0, 0.1) is 6.92 Å². The van der Waals surface area contributed by atoms with Gasteiger partial charge in [-0.1, -0.05) is 42.5 Å². The van der Waals surface area contributed by atoms with Gasteiger partial charge < -0.3 is 10.1 Å². The number of benzene rings is 2. The van der Waals surface area contributed by atoms with Crippen molar-refractivity contribution in [1.29, 1.82) is 0 Å². The Kier molecular flexibility index (Phi) is 6.13. The largest absolute Gasteiger partial charge is 0.484 e. The summed E-state index contributed by atoms with van der Waals surface area (Å²) in [5, 5.41) is 2.62. The smallest absolute Gasteiger partial charge is 0.257 e. The second-order valence-electron chi connectivity index (χ2n) is 6.57. The number of sulfonamides is 1. The Labute approximate surface area is 160 Å². The molecular formula is C20H24N2O4S. The molecule has 0 radical (unpaired) electrons. The van der Waals surface area contributed by atoms with E-state index < -0.39 is 10.0 Å². The van der Waals surface area contributed by atoms with Crippen LogP contribution in [-0.4, -0.2) is 44.1 Å². The van der Waals surface area contributed by atoms with Crippen LogP contribution in [-0.2, 0) is 27.8 Å². The van der Waals surface area contributed by atoms with Gasteiger partial charge in [-0.15, -0.1) is 0 Å². The number of hydrogen-bond acceptors (Lipinski definition) is 4. The summed E-state index contributed by atoms with van der Waals surface area (Å²) >= 11 is 0. The molecule has 1 amide bonds. The van der Waals surface area contributed by atoms with Crippen LogP contribution < -0.4 is 10.1 Å². The Morgan fingerprint density at radius 1 is 1.11 bits per heavy atom. The van der Waals surface area contributed by atoms with E-state index in [0.29, 0.717) is 25.3 Å². The van der Waals surface area contributed by atoms with Gasteiger partial charge >= 0.3 is 0 Å². The Hall–Kier alpha value is -2.38. The number of nitrogens with zero attached hydrogens (tertiary/aromatic N) is 1. The first-order chi connectivity index (χ1) is 13.0. The van der Waals surface area contributed by atoms with E-state index in [1.807, 2.05) is 49.4 Å². The molecule has 6 nitrogen and oxygen atoms in total. The molecule has 7 heteroatoms. The zero-order chi connectivity index (χ0) is 19.3. The Morgan fingerprint density at radius 3 is 2.59 bits per heavy atom. The van der Waals surface area contributed by atoms with Crippen LogP contribution in [0.25, 0.3) is 0 Å². The summed E-state index contributed by atoms with van der Waals surface area (Å²) in [5.41, 5.74) is 3.19.